The molecule has 14 heteroatoms. The summed E-state index contributed by atoms with van der Waals surface area (Å²) in [6, 6.07) is 8.93. The number of aliphatic hydroxyl groups excluding tert-OH is 1. The summed E-state index contributed by atoms with van der Waals surface area (Å²) in [4.78, 5) is 21.6. The second-order valence-electron chi connectivity index (χ2n) is 7.99. The summed E-state index contributed by atoms with van der Waals surface area (Å²) < 4.78 is 52.4. The van der Waals surface area contributed by atoms with Crippen molar-refractivity contribution in [3.05, 3.63) is 64.7 Å². The van der Waals surface area contributed by atoms with Crippen molar-refractivity contribution in [2.75, 3.05) is 11.9 Å². The molecule has 2 aromatic heterocycles. The minimum atomic E-state index is -4.12. The van der Waals surface area contributed by atoms with E-state index in [0.717, 1.165) is 11.3 Å². The van der Waals surface area contributed by atoms with Gasteiger partial charge in [-0.05, 0) is 31.0 Å². The predicted octanol–water partition coefficient (Wildman–Crippen LogP) is 1.37. The van der Waals surface area contributed by atoms with Gasteiger partial charge in [0.05, 0.1) is 32.9 Å². The first-order chi connectivity index (χ1) is 16.5. The zero-order valence-corrected chi connectivity index (χ0v) is 20.6. The second-order valence-corrected chi connectivity index (χ2v) is 12.1. The number of sulfone groups is 1. The highest BCUT2D eigenvalue weighted by Crippen LogP contribution is 2.31. The van der Waals surface area contributed by atoms with Crippen LogP contribution in [0.5, 0.6) is 0 Å². The van der Waals surface area contributed by atoms with Crippen molar-refractivity contribution in [2.24, 2.45) is 11.1 Å². The van der Waals surface area contributed by atoms with Gasteiger partial charge in [0.25, 0.3) is 0 Å². The normalized spacial score (nSPS) is 20.6. The fourth-order valence-electron chi connectivity index (χ4n) is 3.83. The van der Waals surface area contributed by atoms with Crippen LogP contribution in [-0.2, 0) is 24.3 Å². The molecule has 0 spiro atoms. The summed E-state index contributed by atoms with van der Waals surface area (Å²) in [6.07, 6.45) is 2.38. The lowest BCUT2D eigenvalue weighted by Crippen LogP contribution is -2.24. The van der Waals surface area contributed by atoms with Crippen molar-refractivity contribution in [3.63, 3.8) is 0 Å². The molecule has 1 aliphatic carbocycles. The summed E-state index contributed by atoms with van der Waals surface area (Å²) in [5.74, 6) is -0.716. The molecule has 3 aromatic rings. The SMILES string of the molecule is NS(=O)(=O)OCC1C[C@@H](Nc2ncncc2C(=O)c2cc(S(=O)(=O)c3ccccc3)cs2)C[C@@H]1O. The van der Waals surface area contributed by atoms with Crippen LogP contribution >= 0.6 is 11.3 Å². The van der Waals surface area contributed by atoms with Crippen LogP contribution in [0.3, 0.4) is 0 Å². The molecule has 186 valence electrons. The maximum Gasteiger partial charge on any atom is 0.333 e. The van der Waals surface area contributed by atoms with E-state index in [4.69, 9.17) is 5.14 Å². The Kier molecular flexibility index (Phi) is 7.30. The maximum atomic E-state index is 13.2. The highest BCUT2D eigenvalue weighted by Gasteiger charge is 2.35. The minimum absolute atomic E-state index is 0.0139. The average Bonchev–Trinajstić information content (AvgIpc) is 3.45. The van der Waals surface area contributed by atoms with E-state index >= 15 is 0 Å². The van der Waals surface area contributed by atoms with E-state index in [1.54, 1.807) is 18.2 Å². The Morgan fingerprint density at radius 1 is 1.17 bits per heavy atom. The number of carbonyl (C=O) groups excluding carboxylic acids is 1. The van der Waals surface area contributed by atoms with Crippen LogP contribution in [-0.4, -0.2) is 56.4 Å². The van der Waals surface area contributed by atoms with Gasteiger partial charge in [-0.15, -0.1) is 11.3 Å². The lowest BCUT2D eigenvalue weighted by molar-refractivity contribution is 0.101. The number of hydrogen-bond acceptors (Lipinski definition) is 11. The Balaban J connectivity index is 1.51. The number of nitrogens with two attached hydrogens (primary N) is 1. The third kappa shape index (κ3) is 5.91. The molecule has 4 N–H and O–H groups in total. The Morgan fingerprint density at radius 3 is 2.63 bits per heavy atom. The minimum Gasteiger partial charge on any atom is -0.393 e. The zero-order chi connectivity index (χ0) is 25.2. The molecular formula is C21H22N4O7S3. The summed E-state index contributed by atoms with van der Waals surface area (Å²) >= 11 is 0.998. The summed E-state index contributed by atoms with van der Waals surface area (Å²) in [6.45, 7) is -0.262. The van der Waals surface area contributed by atoms with E-state index in [2.05, 4.69) is 19.5 Å². The van der Waals surface area contributed by atoms with Gasteiger partial charge in [0, 0.05) is 23.5 Å². The highest BCUT2D eigenvalue weighted by atomic mass is 32.2. The third-order valence-electron chi connectivity index (χ3n) is 5.56. The van der Waals surface area contributed by atoms with Crippen LogP contribution < -0.4 is 10.5 Å². The van der Waals surface area contributed by atoms with Gasteiger partial charge in [-0.3, -0.25) is 8.98 Å². The molecule has 35 heavy (non-hydrogen) atoms. The molecule has 0 aliphatic heterocycles. The van der Waals surface area contributed by atoms with E-state index in [1.807, 2.05) is 0 Å². The molecule has 1 fully saturated rings. The van der Waals surface area contributed by atoms with Gasteiger partial charge in [-0.1, -0.05) is 18.2 Å². The molecule has 1 unspecified atom stereocenters. The van der Waals surface area contributed by atoms with Crippen molar-refractivity contribution in [3.8, 4) is 0 Å². The van der Waals surface area contributed by atoms with Crippen molar-refractivity contribution < 1.29 is 30.9 Å². The first-order valence-corrected chi connectivity index (χ1v) is 14.2. The number of carbonyl (C=O) groups is 1. The van der Waals surface area contributed by atoms with Crippen LogP contribution in [0, 0.1) is 5.92 Å². The third-order valence-corrected chi connectivity index (χ3v) is 8.86. The Hall–Kier alpha value is -2.75. The van der Waals surface area contributed by atoms with Gasteiger partial charge in [0.1, 0.15) is 12.1 Å². The van der Waals surface area contributed by atoms with Crippen LogP contribution in [0.25, 0.3) is 0 Å². The molecule has 0 bridgehead atoms. The van der Waals surface area contributed by atoms with Gasteiger partial charge in [0.2, 0.25) is 15.6 Å². The van der Waals surface area contributed by atoms with Crippen molar-refractivity contribution in [1.82, 2.24) is 9.97 Å². The number of benzene rings is 1. The Morgan fingerprint density at radius 2 is 1.91 bits per heavy atom. The summed E-state index contributed by atoms with van der Waals surface area (Å²) in [7, 11) is -7.90. The molecule has 3 atom stereocenters. The largest absolute Gasteiger partial charge is 0.393 e. The standard InChI is InChI=1S/C21H22N4O7S3/c22-35(30,31)32-10-13-6-14(7-18(13)26)25-21-17(9-23-12-24-21)20(27)19-8-16(11-33-19)34(28,29)15-4-2-1-3-5-15/h1-5,8-9,11-14,18,26H,6-7,10H2,(H2,22,30,31)(H,23,24,25)/t13?,14-,18+/m1/s1. The fourth-order valence-corrected chi connectivity index (χ4v) is 6.71. The molecular weight excluding hydrogens is 516 g/mol. The number of thiophene rings is 1. The number of aromatic nitrogens is 2. The lowest BCUT2D eigenvalue weighted by Gasteiger charge is -2.15. The monoisotopic (exact) mass is 538 g/mol. The van der Waals surface area contributed by atoms with Gasteiger partial charge >= 0.3 is 10.3 Å². The smallest absolute Gasteiger partial charge is 0.333 e. The van der Waals surface area contributed by atoms with Crippen molar-refractivity contribution >= 4 is 43.1 Å². The zero-order valence-electron chi connectivity index (χ0n) is 18.1. The van der Waals surface area contributed by atoms with E-state index in [0.29, 0.717) is 6.42 Å². The van der Waals surface area contributed by atoms with E-state index in [1.165, 1.54) is 36.1 Å². The average molecular weight is 539 g/mol. The number of ketones is 1. The number of anilines is 1. The number of hydrogen-bond donors (Lipinski definition) is 3. The highest BCUT2D eigenvalue weighted by molar-refractivity contribution is 7.91. The number of aliphatic hydroxyl groups is 1. The molecule has 0 saturated heterocycles. The molecule has 4 rings (SSSR count). The van der Waals surface area contributed by atoms with Gasteiger partial charge < -0.3 is 10.4 Å². The van der Waals surface area contributed by atoms with Gasteiger partial charge in [0.15, 0.2) is 0 Å². The molecule has 1 saturated carbocycles. The topological polar surface area (TPSA) is 179 Å². The summed E-state index contributed by atoms with van der Waals surface area (Å²) in [5.41, 5.74) is 0.136. The molecule has 1 aliphatic rings. The quantitative estimate of drug-likeness (QED) is 0.337. The molecule has 0 amide bonds. The number of rotatable bonds is 9. The van der Waals surface area contributed by atoms with Crippen LogP contribution in [0.15, 0.2) is 64.1 Å². The number of nitrogens with one attached hydrogen (secondary N) is 1. The Labute approximate surface area is 206 Å². The van der Waals surface area contributed by atoms with Crippen molar-refractivity contribution in [2.45, 2.75) is 34.8 Å². The van der Waals surface area contributed by atoms with E-state index < -0.39 is 37.9 Å². The van der Waals surface area contributed by atoms with E-state index in [-0.39, 0.29) is 45.1 Å². The molecule has 2 heterocycles. The predicted molar refractivity (Wildman–Crippen MR) is 127 cm³/mol. The van der Waals surface area contributed by atoms with Crippen LogP contribution in [0.2, 0.25) is 0 Å². The lowest BCUT2D eigenvalue weighted by atomic mass is 10.1. The van der Waals surface area contributed by atoms with Gasteiger partial charge in [-0.2, -0.15) is 8.42 Å². The molecule has 11 nitrogen and oxygen atoms in total. The number of nitrogens with zero attached hydrogens (tertiary/aromatic N) is 2. The Bertz CT molecular complexity index is 1430. The van der Waals surface area contributed by atoms with Crippen LogP contribution in [0.4, 0.5) is 5.82 Å². The van der Waals surface area contributed by atoms with Crippen LogP contribution in [0.1, 0.15) is 28.1 Å². The first-order valence-electron chi connectivity index (χ1n) is 10.4. The first kappa shape index (κ1) is 25.3. The summed E-state index contributed by atoms with van der Waals surface area (Å²) in [5, 5.41) is 19.6. The fraction of sp³-hybridized carbons (Fsp3) is 0.286. The maximum absolute atomic E-state index is 13.2. The van der Waals surface area contributed by atoms with E-state index in [9.17, 15) is 26.7 Å². The van der Waals surface area contributed by atoms with Gasteiger partial charge in [-0.25, -0.2) is 23.5 Å². The molecule has 1 aromatic carbocycles. The molecule has 0 radical (unpaired) electrons. The van der Waals surface area contributed by atoms with Crippen molar-refractivity contribution in [1.29, 1.82) is 0 Å². The second kappa shape index (κ2) is 10.1.